The summed E-state index contributed by atoms with van der Waals surface area (Å²) < 4.78 is 12.8. The van der Waals surface area contributed by atoms with E-state index in [1.54, 1.807) is 13.3 Å². The van der Waals surface area contributed by atoms with Gasteiger partial charge in [-0.15, -0.1) is 12.4 Å². The number of hydrogen-bond donors (Lipinski definition) is 0. The Labute approximate surface area is 175 Å². The molecule has 154 valence electrons. The van der Waals surface area contributed by atoms with Crippen LogP contribution in [0.5, 0.6) is 0 Å². The molecule has 8 heteroatoms. The highest BCUT2D eigenvalue weighted by Gasteiger charge is 2.55. The number of aromatic nitrogens is 2. The fourth-order valence-electron chi connectivity index (χ4n) is 3.35. The maximum absolute atomic E-state index is 12.7. The molecule has 0 N–H and O–H groups in total. The van der Waals surface area contributed by atoms with Crippen LogP contribution in [0.2, 0.25) is 0 Å². The molecule has 0 bridgehead atoms. The van der Waals surface area contributed by atoms with E-state index in [2.05, 4.69) is 18.8 Å². The minimum Gasteiger partial charge on any atom is -0.465 e. The number of fused-ring (bicyclic) bond motifs is 1. The molecule has 2 aromatic rings. The third kappa shape index (κ3) is 4.63. The van der Waals surface area contributed by atoms with Crippen LogP contribution in [0, 0.1) is 11.3 Å². The van der Waals surface area contributed by atoms with Gasteiger partial charge in [-0.25, -0.2) is 4.98 Å². The van der Waals surface area contributed by atoms with Gasteiger partial charge >= 0.3 is 11.9 Å². The van der Waals surface area contributed by atoms with Gasteiger partial charge in [0.25, 0.3) is 0 Å². The number of nitrogens with zero attached hydrogens (tertiary/aromatic N) is 2. The SMILES string of the molecule is CCOC(=O)C1(CCC(C)C)CC(CSn2cnc3ccccc32)OC1=O.Cl. The van der Waals surface area contributed by atoms with Crippen LogP contribution in [-0.2, 0) is 19.1 Å². The van der Waals surface area contributed by atoms with Crippen molar-refractivity contribution in [2.24, 2.45) is 11.3 Å². The lowest BCUT2D eigenvalue weighted by Crippen LogP contribution is -2.38. The van der Waals surface area contributed by atoms with Gasteiger partial charge in [0, 0.05) is 6.42 Å². The van der Waals surface area contributed by atoms with Crippen LogP contribution in [0.4, 0.5) is 0 Å². The third-order valence-electron chi connectivity index (χ3n) is 4.88. The average molecular weight is 427 g/mol. The number of ether oxygens (including phenoxy) is 2. The smallest absolute Gasteiger partial charge is 0.323 e. The standard InChI is InChI=1S/C20H26N2O4S.ClH/c1-4-25-18(23)20(10-9-14(2)3)11-15(26-19(20)24)12-27-22-13-21-16-7-5-6-8-17(16)22;/h5-8,13-15H,4,9-12H2,1-3H3;1H. The van der Waals surface area contributed by atoms with Crippen LogP contribution in [0.1, 0.15) is 40.0 Å². The molecule has 1 aromatic carbocycles. The van der Waals surface area contributed by atoms with Crippen molar-refractivity contribution in [2.75, 3.05) is 12.4 Å². The van der Waals surface area contributed by atoms with Gasteiger partial charge in [0.1, 0.15) is 12.4 Å². The maximum atomic E-state index is 12.7. The highest BCUT2D eigenvalue weighted by atomic mass is 35.5. The summed E-state index contributed by atoms with van der Waals surface area (Å²) in [5, 5.41) is 0. The molecule has 28 heavy (non-hydrogen) atoms. The maximum Gasteiger partial charge on any atom is 0.323 e. The summed E-state index contributed by atoms with van der Waals surface area (Å²) in [6.07, 6.45) is 3.07. The molecule has 1 aromatic heterocycles. The van der Waals surface area contributed by atoms with Crippen LogP contribution in [-0.4, -0.2) is 39.4 Å². The number of para-hydroxylation sites is 2. The van der Waals surface area contributed by atoms with E-state index in [1.165, 1.54) is 11.9 Å². The summed E-state index contributed by atoms with van der Waals surface area (Å²) in [5.41, 5.74) is 0.775. The van der Waals surface area contributed by atoms with Gasteiger partial charge in [0.05, 0.1) is 23.4 Å². The van der Waals surface area contributed by atoms with Gasteiger partial charge in [0.2, 0.25) is 0 Å². The molecule has 0 spiro atoms. The molecule has 2 heterocycles. The van der Waals surface area contributed by atoms with Crippen LogP contribution in [0.25, 0.3) is 11.0 Å². The van der Waals surface area contributed by atoms with Crippen molar-refractivity contribution in [2.45, 2.75) is 46.1 Å². The van der Waals surface area contributed by atoms with Crippen molar-refractivity contribution >= 4 is 47.3 Å². The Morgan fingerprint density at radius 1 is 1.43 bits per heavy atom. The monoisotopic (exact) mass is 426 g/mol. The number of rotatable bonds is 8. The summed E-state index contributed by atoms with van der Waals surface area (Å²) in [4.78, 5) is 29.6. The van der Waals surface area contributed by atoms with Gasteiger partial charge in [-0.2, -0.15) is 0 Å². The zero-order valence-corrected chi connectivity index (χ0v) is 18.1. The topological polar surface area (TPSA) is 70.4 Å². The first-order valence-electron chi connectivity index (χ1n) is 9.40. The van der Waals surface area contributed by atoms with Crippen LogP contribution >= 0.6 is 24.4 Å². The number of halogens is 1. The summed E-state index contributed by atoms with van der Waals surface area (Å²) in [5.74, 6) is 0.0725. The number of imidazole rings is 1. The number of benzene rings is 1. The average Bonchev–Trinajstić information content (AvgIpc) is 3.20. The molecule has 1 saturated heterocycles. The summed E-state index contributed by atoms with van der Waals surface area (Å²) in [6, 6.07) is 7.88. The normalized spacial score (nSPS) is 21.6. The molecule has 2 atom stereocenters. The molecule has 3 rings (SSSR count). The summed E-state index contributed by atoms with van der Waals surface area (Å²) in [6.45, 7) is 6.18. The Morgan fingerprint density at radius 2 is 2.18 bits per heavy atom. The third-order valence-corrected chi connectivity index (χ3v) is 5.97. The Morgan fingerprint density at radius 3 is 2.89 bits per heavy atom. The zero-order chi connectivity index (χ0) is 19.4. The highest BCUT2D eigenvalue weighted by molar-refractivity contribution is 7.98. The van der Waals surface area contributed by atoms with E-state index >= 15 is 0 Å². The van der Waals surface area contributed by atoms with Gasteiger partial charge in [-0.05, 0) is 49.8 Å². The Kier molecular flexibility index (Phi) is 7.78. The number of esters is 2. The molecular weight excluding hydrogens is 400 g/mol. The van der Waals surface area contributed by atoms with E-state index < -0.39 is 17.4 Å². The summed E-state index contributed by atoms with van der Waals surface area (Å²) >= 11 is 1.53. The van der Waals surface area contributed by atoms with Crippen LogP contribution in [0.15, 0.2) is 30.6 Å². The predicted octanol–water partition coefficient (Wildman–Crippen LogP) is 4.26. The molecule has 2 unspecified atom stereocenters. The van der Waals surface area contributed by atoms with Crippen molar-refractivity contribution in [3.63, 3.8) is 0 Å². The van der Waals surface area contributed by atoms with Crippen molar-refractivity contribution in [1.82, 2.24) is 8.96 Å². The lowest BCUT2D eigenvalue weighted by Gasteiger charge is -2.23. The van der Waals surface area contributed by atoms with E-state index in [1.807, 2.05) is 28.2 Å². The molecule has 6 nitrogen and oxygen atoms in total. The highest BCUT2D eigenvalue weighted by Crippen LogP contribution is 2.41. The number of carbonyl (C=O) groups is 2. The quantitative estimate of drug-likeness (QED) is 0.464. The predicted molar refractivity (Wildman–Crippen MR) is 112 cm³/mol. The second kappa shape index (κ2) is 9.65. The van der Waals surface area contributed by atoms with E-state index in [0.717, 1.165) is 17.5 Å². The largest absolute Gasteiger partial charge is 0.465 e. The summed E-state index contributed by atoms with van der Waals surface area (Å²) in [7, 11) is 0. The van der Waals surface area contributed by atoms with Gasteiger partial charge in [-0.3, -0.25) is 13.6 Å². The molecule has 1 fully saturated rings. The Balaban J connectivity index is 0.00000280. The second-order valence-electron chi connectivity index (χ2n) is 7.32. The molecule has 0 amide bonds. The fraction of sp³-hybridized carbons (Fsp3) is 0.550. The minimum atomic E-state index is -1.16. The van der Waals surface area contributed by atoms with Crippen molar-refractivity contribution in [3.8, 4) is 0 Å². The van der Waals surface area contributed by atoms with E-state index in [4.69, 9.17) is 9.47 Å². The Hall–Kier alpha value is -1.73. The first kappa shape index (κ1) is 22.6. The molecule has 1 aliphatic heterocycles. The fourth-order valence-corrected chi connectivity index (χ4v) is 4.27. The number of carbonyl (C=O) groups excluding carboxylic acids is 2. The van der Waals surface area contributed by atoms with Crippen LogP contribution < -0.4 is 0 Å². The zero-order valence-electron chi connectivity index (χ0n) is 16.4. The lowest BCUT2D eigenvalue weighted by atomic mass is 9.79. The number of cyclic esters (lactones) is 1. The minimum absolute atomic E-state index is 0. The molecular formula is C20H27ClN2O4S. The van der Waals surface area contributed by atoms with E-state index in [-0.39, 0.29) is 25.1 Å². The van der Waals surface area contributed by atoms with Gasteiger partial charge in [0.15, 0.2) is 5.41 Å². The lowest BCUT2D eigenvalue weighted by molar-refractivity contribution is -0.165. The molecule has 1 aliphatic rings. The van der Waals surface area contributed by atoms with Gasteiger partial charge in [-0.1, -0.05) is 26.0 Å². The van der Waals surface area contributed by atoms with E-state index in [9.17, 15) is 9.59 Å². The molecule has 0 saturated carbocycles. The van der Waals surface area contributed by atoms with Crippen molar-refractivity contribution in [3.05, 3.63) is 30.6 Å². The van der Waals surface area contributed by atoms with Crippen molar-refractivity contribution < 1.29 is 19.1 Å². The van der Waals surface area contributed by atoms with Gasteiger partial charge < -0.3 is 9.47 Å². The first-order valence-corrected chi connectivity index (χ1v) is 10.3. The Bertz CT molecular complexity index is 825. The second-order valence-corrected chi connectivity index (χ2v) is 8.31. The number of hydrogen-bond acceptors (Lipinski definition) is 6. The van der Waals surface area contributed by atoms with E-state index in [0.29, 0.717) is 24.5 Å². The molecule has 0 radical (unpaired) electrons. The first-order chi connectivity index (χ1) is 13.0. The molecule has 0 aliphatic carbocycles. The van der Waals surface area contributed by atoms with Crippen LogP contribution in [0.3, 0.4) is 0 Å². The van der Waals surface area contributed by atoms with Crippen molar-refractivity contribution in [1.29, 1.82) is 0 Å².